The van der Waals surface area contributed by atoms with E-state index in [0.717, 1.165) is 0 Å². The van der Waals surface area contributed by atoms with Crippen molar-refractivity contribution in [2.24, 2.45) is 0 Å². The van der Waals surface area contributed by atoms with Crippen LogP contribution in [0.25, 0.3) is 0 Å². The van der Waals surface area contributed by atoms with Crippen molar-refractivity contribution >= 4 is 8.07 Å². The fourth-order valence-electron chi connectivity index (χ4n) is 0.341. The highest BCUT2D eigenvalue weighted by Crippen LogP contribution is 1.99. The lowest BCUT2D eigenvalue weighted by Crippen LogP contribution is -2.20. The van der Waals surface area contributed by atoms with Gasteiger partial charge in [0.25, 0.3) is 0 Å². The van der Waals surface area contributed by atoms with Crippen molar-refractivity contribution in [2.75, 3.05) is 0 Å². The summed E-state index contributed by atoms with van der Waals surface area (Å²) in [6.45, 7) is 9.54. The van der Waals surface area contributed by atoms with Gasteiger partial charge in [-0.2, -0.15) is 0 Å². The first-order valence-electron chi connectivity index (χ1n) is 3.32. The van der Waals surface area contributed by atoms with Crippen LogP contribution in [0.2, 0.25) is 13.1 Å². The van der Waals surface area contributed by atoms with Gasteiger partial charge in [0.1, 0.15) is 6.10 Å². The van der Waals surface area contributed by atoms with E-state index in [1.165, 1.54) is 0 Å². The normalized spacial score (nSPS) is 13.2. The molecule has 1 nitrogen and oxygen atoms in total. The molecule has 1 N–H and O–H groups in total. The predicted molar refractivity (Wildman–Crippen MR) is 47.1 cm³/mol. The van der Waals surface area contributed by atoms with Crippen molar-refractivity contribution in [3.63, 3.8) is 0 Å². The summed E-state index contributed by atoms with van der Waals surface area (Å²) in [4.78, 5) is 0. The zero-order chi connectivity index (χ0) is 8.20. The molecule has 0 aliphatic carbocycles. The Morgan fingerprint density at radius 3 is 2.40 bits per heavy atom. The van der Waals surface area contributed by atoms with Crippen molar-refractivity contribution < 1.29 is 5.11 Å². The lowest BCUT2D eigenvalue weighted by Gasteiger charge is -2.05. The molecule has 0 heterocycles. The van der Waals surface area contributed by atoms with Crippen LogP contribution in [-0.2, 0) is 0 Å². The molecule has 0 amide bonds. The molecule has 0 spiro atoms. The molecule has 10 heavy (non-hydrogen) atoms. The minimum Gasteiger partial charge on any atom is -0.381 e. The van der Waals surface area contributed by atoms with Gasteiger partial charge in [0.2, 0.25) is 0 Å². The summed E-state index contributed by atoms with van der Waals surface area (Å²) in [5.74, 6) is 2.73. The Morgan fingerprint density at radius 2 is 2.10 bits per heavy atom. The molecule has 1 atom stereocenters. The van der Waals surface area contributed by atoms with E-state index in [9.17, 15) is 0 Å². The molecule has 0 fully saturated rings. The fraction of sp³-hybridized carbons (Fsp3) is 0.500. The van der Waals surface area contributed by atoms with Gasteiger partial charge in [-0.15, -0.1) is 12.1 Å². The quantitative estimate of drug-likeness (QED) is 0.446. The Labute approximate surface area is 63.8 Å². The van der Waals surface area contributed by atoms with Gasteiger partial charge < -0.3 is 5.11 Å². The van der Waals surface area contributed by atoms with Gasteiger partial charge in [-0.3, -0.25) is 0 Å². The molecular weight excluding hydrogens is 140 g/mol. The summed E-state index contributed by atoms with van der Waals surface area (Å²) in [5.41, 5.74) is 4.93. The highest BCUT2D eigenvalue weighted by Gasteiger charge is 2.10. The molecule has 2 heteroatoms. The van der Waals surface area contributed by atoms with Gasteiger partial charge in [-0.25, -0.2) is 0 Å². The van der Waals surface area contributed by atoms with E-state index >= 15 is 0 Å². The molecule has 0 saturated carbocycles. The van der Waals surface area contributed by atoms with Crippen LogP contribution >= 0.6 is 0 Å². The third-order valence-corrected chi connectivity index (χ3v) is 2.92. The van der Waals surface area contributed by atoms with Crippen LogP contribution in [-0.4, -0.2) is 19.3 Å². The van der Waals surface area contributed by atoms with Crippen molar-refractivity contribution in [1.82, 2.24) is 0 Å². The summed E-state index contributed by atoms with van der Waals surface area (Å²) < 4.78 is 0. The molecule has 0 aromatic rings. The van der Waals surface area contributed by atoms with Crippen molar-refractivity contribution in [3.05, 3.63) is 12.3 Å². The van der Waals surface area contributed by atoms with E-state index in [-0.39, 0.29) is 0 Å². The average Bonchev–Trinajstić information content (AvgIpc) is 1.85. The number of aliphatic hydroxyl groups excluding tert-OH is 1. The molecule has 0 bridgehead atoms. The van der Waals surface area contributed by atoms with Gasteiger partial charge in [0.15, 0.2) is 8.07 Å². The maximum Gasteiger partial charge on any atom is 0.155 e. The van der Waals surface area contributed by atoms with Crippen molar-refractivity contribution in [1.29, 1.82) is 0 Å². The van der Waals surface area contributed by atoms with Crippen LogP contribution in [0.5, 0.6) is 0 Å². The van der Waals surface area contributed by atoms with Gasteiger partial charge in [-0.05, 0) is 6.92 Å². The maximum absolute atomic E-state index is 8.83. The number of rotatable bonds is 1. The molecule has 56 valence electrons. The standard InChI is InChI=1S/C8H14OSi/c1-5-10(3,4)7-6-8(2)9/h5,8-9H,1H2,2-4H3. The SMILES string of the molecule is C=C[Si](C)(C)C#CC(C)O. The Morgan fingerprint density at radius 1 is 1.60 bits per heavy atom. The smallest absolute Gasteiger partial charge is 0.155 e. The largest absolute Gasteiger partial charge is 0.381 e. The van der Waals surface area contributed by atoms with Gasteiger partial charge in [-0.1, -0.05) is 24.7 Å². The maximum atomic E-state index is 8.83. The Bertz CT molecular complexity index is 171. The van der Waals surface area contributed by atoms with Crippen LogP contribution in [0.3, 0.4) is 0 Å². The Balaban J connectivity index is 4.15. The highest BCUT2D eigenvalue weighted by molar-refractivity contribution is 6.89. The van der Waals surface area contributed by atoms with Crippen LogP contribution in [0, 0.1) is 11.5 Å². The summed E-state index contributed by atoms with van der Waals surface area (Å²) in [6.07, 6.45) is -0.508. The number of hydrogen-bond acceptors (Lipinski definition) is 1. The fourth-order valence-corrected chi connectivity index (χ4v) is 1.02. The molecule has 0 rings (SSSR count). The molecule has 0 aliphatic heterocycles. The topological polar surface area (TPSA) is 20.2 Å². The van der Waals surface area contributed by atoms with Crippen molar-refractivity contribution in [2.45, 2.75) is 26.1 Å². The van der Waals surface area contributed by atoms with Crippen LogP contribution < -0.4 is 0 Å². The summed E-state index contributed by atoms with van der Waals surface area (Å²) >= 11 is 0. The second-order valence-corrected chi connectivity index (χ2v) is 6.97. The second kappa shape index (κ2) is 3.60. The van der Waals surface area contributed by atoms with Crippen LogP contribution in [0.15, 0.2) is 12.3 Å². The monoisotopic (exact) mass is 154 g/mol. The average molecular weight is 154 g/mol. The first-order chi connectivity index (χ1) is 4.48. The molecular formula is C8H14OSi. The lowest BCUT2D eigenvalue weighted by molar-refractivity contribution is 0.253. The number of hydrogen-bond donors (Lipinski definition) is 1. The van der Waals surface area contributed by atoms with Crippen LogP contribution in [0.1, 0.15) is 6.92 Å². The van der Waals surface area contributed by atoms with E-state index in [4.69, 9.17) is 5.11 Å². The van der Waals surface area contributed by atoms with Gasteiger partial charge in [0, 0.05) is 0 Å². The first-order valence-corrected chi connectivity index (χ1v) is 6.40. The Kier molecular flexibility index (Phi) is 3.41. The van der Waals surface area contributed by atoms with E-state index < -0.39 is 14.2 Å². The third kappa shape index (κ3) is 4.36. The summed E-state index contributed by atoms with van der Waals surface area (Å²) in [7, 11) is -1.50. The van der Waals surface area contributed by atoms with E-state index in [1.54, 1.807) is 6.92 Å². The minimum absolute atomic E-state index is 0.508. The molecule has 0 aromatic carbocycles. The van der Waals surface area contributed by atoms with Gasteiger partial charge in [0.05, 0.1) is 0 Å². The molecule has 0 aromatic heterocycles. The van der Waals surface area contributed by atoms with E-state index in [2.05, 4.69) is 31.1 Å². The number of aliphatic hydroxyl groups is 1. The third-order valence-electron chi connectivity index (χ3n) is 1.11. The summed E-state index contributed by atoms with van der Waals surface area (Å²) in [5, 5.41) is 8.83. The predicted octanol–water partition coefficient (Wildman–Crippen LogP) is 1.34. The lowest BCUT2D eigenvalue weighted by atomic mass is 10.4. The second-order valence-electron chi connectivity index (χ2n) is 2.87. The first kappa shape index (κ1) is 9.48. The van der Waals surface area contributed by atoms with E-state index in [1.807, 2.05) is 5.70 Å². The zero-order valence-corrected chi connectivity index (χ0v) is 7.81. The molecule has 0 aliphatic rings. The zero-order valence-electron chi connectivity index (χ0n) is 6.81. The Hall–Kier alpha value is -0.523. The van der Waals surface area contributed by atoms with E-state index in [0.29, 0.717) is 0 Å². The molecule has 1 unspecified atom stereocenters. The van der Waals surface area contributed by atoms with Gasteiger partial charge >= 0.3 is 0 Å². The molecule has 0 radical (unpaired) electrons. The van der Waals surface area contributed by atoms with Crippen LogP contribution in [0.4, 0.5) is 0 Å². The minimum atomic E-state index is -1.50. The molecule has 0 saturated heterocycles. The summed E-state index contributed by atoms with van der Waals surface area (Å²) in [6, 6.07) is 0. The highest BCUT2D eigenvalue weighted by atomic mass is 28.3. The van der Waals surface area contributed by atoms with Crippen molar-refractivity contribution in [3.8, 4) is 11.5 Å².